The zero-order valence-electron chi connectivity index (χ0n) is 22.5. The number of nitrogens with zero attached hydrogens (tertiary/aromatic N) is 3. The van der Waals surface area contributed by atoms with Crippen LogP contribution in [0.4, 0.5) is 16.2 Å². The van der Waals surface area contributed by atoms with Gasteiger partial charge in [-0.2, -0.15) is 0 Å². The van der Waals surface area contributed by atoms with Gasteiger partial charge in [-0.3, -0.25) is 19.3 Å². The van der Waals surface area contributed by atoms with Crippen molar-refractivity contribution in [1.82, 2.24) is 15.2 Å². The van der Waals surface area contributed by atoms with Gasteiger partial charge in [0.05, 0.1) is 10.6 Å². The van der Waals surface area contributed by atoms with E-state index in [1.165, 1.54) is 10.5 Å². The molecule has 8 nitrogen and oxygen atoms in total. The van der Waals surface area contributed by atoms with Gasteiger partial charge in [0.15, 0.2) is 11.3 Å². The van der Waals surface area contributed by atoms with E-state index in [9.17, 15) is 14.4 Å². The lowest BCUT2D eigenvalue weighted by molar-refractivity contribution is -0.122. The zero-order chi connectivity index (χ0) is 28.1. The van der Waals surface area contributed by atoms with Gasteiger partial charge in [-0.15, -0.1) is 0 Å². The summed E-state index contributed by atoms with van der Waals surface area (Å²) < 4.78 is 4.91. The predicted octanol–water partition coefficient (Wildman–Crippen LogP) is 7.32. The number of thioether (sulfide) groups is 1. The highest BCUT2D eigenvalue weighted by atomic mass is 32.2. The molecule has 40 heavy (non-hydrogen) atoms. The smallest absolute Gasteiger partial charge is 0.293 e. The number of Topliss-reactive ketones (excluding diaryl/α,β-unsaturated/α-hetero) is 1. The minimum absolute atomic E-state index is 0.0212. The van der Waals surface area contributed by atoms with Crippen LogP contribution in [-0.4, -0.2) is 38.7 Å². The number of aryl methyl sites for hydroxylation is 2. The lowest BCUT2D eigenvalue weighted by atomic mass is 10.0. The summed E-state index contributed by atoms with van der Waals surface area (Å²) in [6.45, 7) is 4.37. The third-order valence-electron chi connectivity index (χ3n) is 6.96. The molecule has 2 amide bonds. The summed E-state index contributed by atoms with van der Waals surface area (Å²) in [6.07, 6.45) is 5.11. The number of hydrogen-bond donors (Lipinski definition) is 1. The van der Waals surface area contributed by atoms with Crippen LogP contribution in [-0.2, 0) is 11.2 Å². The number of aromatic nitrogens is 2. The van der Waals surface area contributed by atoms with Gasteiger partial charge in [-0.1, -0.05) is 55.8 Å². The van der Waals surface area contributed by atoms with Gasteiger partial charge in [0.2, 0.25) is 0 Å². The Morgan fingerprint density at radius 3 is 2.52 bits per heavy atom. The van der Waals surface area contributed by atoms with E-state index in [-0.39, 0.29) is 16.9 Å². The van der Waals surface area contributed by atoms with Crippen LogP contribution in [0.15, 0.2) is 70.2 Å². The molecule has 1 aliphatic heterocycles. The molecular weight excluding hydrogens is 524 g/mol. The number of imide groups is 1. The first-order chi connectivity index (χ1) is 19.4. The fourth-order valence-electron chi connectivity index (χ4n) is 4.63. The average molecular weight is 555 g/mol. The molecule has 1 saturated heterocycles. The Morgan fingerprint density at radius 1 is 0.950 bits per heavy atom. The zero-order valence-corrected chi connectivity index (χ0v) is 23.3. The first-order valence-corrected chi connectivity index (χ1v) is 14.2. The summed E-state index contributed by atoms with van der Waals surface area (Å²) in [5.74, 6) is -0.230. The molecule has 1 aromatic heterocycles. The third-order valence-corrected chi connectivity index (χ3v) is 7.87. The van der Waals surface area contributed by atoms with E-state index in [1.54, 1.807) is 12.1 Å². The van der Waals surface area contributed by atoms with Crippen LogP contribution < -0.4 is 5.32 Å². The van der Waals surface area contributed by atoms with Crippen molar-refractivity contribution < 1.29 is 19.0 Å². The Hall–Kier alpha value is -4.24. The van der Waals surface area contributed by atoms with E-state index in [2.05, 4.69) is 22.6 Å². The van der Waals surface area contributed by atoms with Crippen LogP contribution in [0.3, 0.4) is 0 Å². The number of carbonyl (C=O) groups excluding carboxylic acids is 3. The van der Waals surface area contributed by atoms with Crippen LogP contribution in [0, 0.1) is 6.92 Å². The van der Waals surface area contributed by atoms with E-state index in [0.717, 1.165) is 35.7 Å². The Balaban J connectivity index is 1.13. The number of hydrogen-bond acceptors (Lipinski definition) is 8. The highest BCUT2D eigenvalue weighted by Crippen LogP contribution is 2.33. The highest BCUT2D eigenvalue weighted by molar-refractivity contribution is 8.18. The topological polar surface area (TPSA) is 105 Å². The fraction of sp³-hybridized carbons (Fsp3) is 0.258. The second kappa shape index (κ2) is 12.3. The maximum Gasteiger partial charge on any atom is 0.293 e. The van der Waals surface area contributed by atoms with Crippen molar-refractivity contribution in [3.63, 3.8) is 0 Å². The second-order valence-electron chi connectivity index (χ2n) is 9.72. The standard InChI is InChI=1S/C31H30N4O4S/c1-3-21-13-15-22(16-14-21)19-27-30(37)35(31(38)40-27)18-8-4-5-11-26(36)23-9-6-7-10-24(23)32-25-17-12-20(2)28-29(25)34-39-33-28/h6-7,9-10,12-17,19,32H,3-5,8,11,18H2,1-2H3/b27-19-. The largest absolute Gasteiger partial charge is 0.353 e. The van der Waals surface area contributed by atoms with Gasteiger partial charge < -0.3 is 5.32 Å². The van der Waals surface area contributed by atoms with Gasteiger partial charge in [-0.05, 0) is 89.2 Å². The lowest BCUT2D eigenvalue weighted by Gasteiger charge is -2.13. The van der Waals surface area contributed by atoms with Gasteiger partial charge in [-0.25, -0.2) is 4.63 Å². The molecule has 0 radical (unpaired) electrons. The number of carbonyl (C=O) groups is 3. The van der Waals surface area contributed by atoms with Crippen molar-refractivity contribution in [2.24, 2.45) is 0 Å². The summed E-state index contributed by atoms with van der Waals surface area (Å²) in [5, 5.41) is 11.0. The van der Waals surface area contributed by atoms with Crippen LogP contribution in [0.1, 0.15) is 59.7 Å². The fourth-order valence-corrected chi connectivity index (χ4v) is 5.50. The van der Waals surface area contributed by atoms with E-state index in [0.29, 0.717) is 58.7 Å². The van der Waals surface area contributed by atoms with Crippen molar-refractivity contribution in [3.8, 4) is 0 Å². The number of ketones is 1. The van der Waals surface area contributed by atoms with Crippen molar-refractivity contribution in [1.29, 1.82) is 0 Å². The molecule has 1 fully saturated rings. The number of unbranched alkanes of at least 4 members (excludes halogenated alkanes) is 2. The van der Waals surface area contributed by atoms with Crippen molar-refractivity contribution in [2.45, 2.75) is 46.0 Å². The number of para-hydroxylation sites is 1. The number of benzene rings is 3. The van der Waals surface area contributed by atoms with Crippen LogP contribution in [0.25, 0.3) is 17.1 Å². The van der Waals surface area contributed by atoms with Crippen LogP contribution >= 0.6 is 11.8 Å². The van der Waals surface area contributed by atoms with E-state index < -0.39 is 0 Å². The Morgan fingerprint density at radius 2 is 1.73 bits per heavy atom. The Bertz CT molecular complexity index is 1590. The molecule has 204 valence electrons. The molecular formula is C31H30N4O4S. The van der Waals surface area contributed by atoms with Crippen molar-refractivity contribution in [2.75, 3.05) is 11.9 Å². The predicted molar refractivity (Wildman–Crippen MR) is 158 cm³/mol. The van der Waals surface area contributed by atoms with E-state index in [4.69, 9.17) is 4.63 Å². The molecule has 5 rings (SSSR count). The van der Waals surface area contributed by atoms with Gasteiger partial charge in [0.25, 0.3) is 11.1 Å². The SMILES string of the molecule is CCc1ccc(/C=C2\SC(=O)N(CCCCCC(=O)c3ccccc3Nc3ccc(C)c4nonc34)C2=O)cc1. The quantitative estimate of drug-likeness (QED) is 0.117. The normalized spacial score (nSPS) is 14.4. The molecule has 3 aromatic carbocycles. The molecule has 0 bridgehead atoms. The molecule has 0 atom stereocenters. The molecule has 0 aliphatic carbocycles. The highest BCUT2D eigenvalue weighted by Gasteiger charge is 2.34. The number of rotatable bonds is 11. The number of fused-ring (bicyclic) bond motifs is 1. The average Bonchev–Trinajstić information content (AvgIpc) is 3.56. The molecule has 0 saturated carbocycles. The first kappa shape index (κ1) is 27.3. The summed E-state index contributed by atoms with van der Waals surface area (Å²) in [4.78, 5) is 40.1. The van der Waals surface area contributed by atoms with Crippen LogP contribution in [0.5, 0.6) is 0 Å². The molecule has 4 aromatic rings. The van der Waals surface area contributed by atoms with E-state index in [1.807, 2.05) is 61.5 Å². The van der Waals surface area contributed by atoms with Crippen LogP contribution in [0.2, 0.25) is 0 Å². The summed E-state index contributed by atoms with van der Waals surface area (Å²) >= 11 is 0.980. The minimum atomic E-state index is -0.252. The second-order valence-corrected chi connectivity index (χ2v) is 10.7. The molecule has 9 heteroatoms. The molecule has 0 spiro atoms. The van der Waals surface area contributed by atoms with Gasteiger partial charge in [0.1, 0.15) is 5.52 Å². The first-order valence-electron chi connectivity index (χ1n) is 13.4. The van der Waals surface area contributed by atoms with Gasteiger partial charge in [0, 0.05) is 24.2 Å². The van der Waals surface area contributed by atoms with Crippen molar-refractivity contribution in [3.05, 3.63) is 87.8 Å². The maximum atomic E-state index is 13.1. The van der Waals surface area contributed by atoms with Crippen molar-refractivity contribution >= 4 is 57.2 Å². The van der Waals surface area contributed by atoms with Gasteiger partial charge >= 0.3 is 0 Å². The Kier molecular flexibility index (Phi) is 8.40. The minimum Gasteiger partial charge on any atom is -0.353 e. The molecule has 2 heterocycles. The summed E-state index contributed by atoms with van der Waals surface area (Å²) in [6, 6.07) is 19.2. The molecule has 0 unspecified atom stereocenters. The molecule has 1 N–H and O–H groups in total. The summed E-state index contributed by atoms with van der Waals surface area (Å²) in [7, 11) is 0. The maximum absolute atomic E-state index is 13.1. The monoisotopic (exact) mass is 554 g/mol. The summed E-state index contributed by atoms with van der Waals surface area (Å²) in [5.41, 5.74) is 6.36. The molecule has 1 aliphatic rings. The number of nitrogens with one attached hydrogen (secondary N) is 1. The lowest BCUT2D eigenvalue weighted by Crippen LogP contribution is -2.29. The Labute approximate surface area is 236 Å². The van der Waals surface area contributed by atoms with E-state index >= 15 is 0 Å². The number of amides is 2. The number of anilines is 2. The third kappa shape index (κ3) is 5.99.